The van der Waals surface area contributed by atoms with E-state index in [1.807, 2.05) is 6.92 Å². The van der Waals surface area contributed by atoms with Gasteiger partial charge in [-0.3, -0.25) is 14.5 Å². The van der Waals surface area contributed by atoms with Gasteiger partial charge in [-0.15, -0.1) is 0 Å². The summed E-state index contributed by atoms with van der Waals surface area (Å²) < 4.78 is 4.69. The Morgan fingerprint density at radius 3 is 2.63 bits per heavy atom. The van der Waals surface area contributed by atoms with Crippen LogP contribution in [0.2, 0.25) is 0 Å². The minimum atomic E-state index is -0.946. The lowest BCUT2D eigenvalue weighted by molar-refractivity contribution is -0.148. The van der Waals surface area contributed by atoms with Gasteiger partial charge in [0.1, 0.15) is 6.04 Å². The number of ether oxygens (including phenoxy) is 1. The summed E-state index contributed by atoms with van der Waals surface area (Å²) in [7, 11) is 1.24. The molecule has 30 heavy (non-hydrogen) atoms. The molecule has 162 valence electrons. The van der Waals surface area contributed by atoms with Crippen molar-refractivity contribution in [3.63, 3.8) is 0 Å². The molecule has 0 N–H and O–H groups in total. The van der Waals surface area contributed by atoms with E-state index < -0.39 is 23.2 Å². The first-order valence-corrected chi connectivity index (χ1v) is 11.1. The second-order valence-electron chi connectivity index (χ2n) is 8.68. The fraction of sp³-hybridized carbons (Fsp3) is 0.522. The molecular formula is C23H30N2O4S. The van der Waals surface area contributed by atoms with Crippen LogP contribution in [0, 0.1) is 6.92 Å². The summed E-state index contributed by atoms with van der Waals surface area (Å²) in [5.41, 5.74) is 4.55. The molecule has 0 radical (unpaired) electrons. The van der Waals surface area contributed by atoms with Crippen LogP contribution in [0.3, 0.4) is 0 Å². The summed E-state index contributed by atoms with van der Waals surface area (Å²) in [5.74, 6) is -0.677. The Labute approximate surface area is 182 Å². The minimum Gasteiger partial charge on any atom is -0.467 e. The van der Waals surface area contributed by atoms with Crippen molar-refractivity contribution in [2.75, 3.05) is 18.6 Å². The Balaban J connectivity index is 2.00. The van der Waals surface area contributed by atoms with Crippen LogP contribution < -0.4 is 4.90 Å². The van der Waals surface area contributed by atoms with Gasteiger partial charge in [-0.05, 0) is 93.6 Å². The van der Waals surface area contributed by atoms with Crippen molar-refractivity contribution in [2.24, 2.45) is 0 Å². The zero-order valence-corrected chi connectivity index (χ0v) is 19.6. The Morgan fingerprint density at radius 1 is 1.37 bits per heavy atom. The third-order valence-electron chi connectivity index (χ3n) is 6.13. The van der Waals surface area contributed by atoms with E-state index in [1.165, 1.54) is 25.3 Å². The number of thioether (sulfide) groups is 1. The summed E-state index contributed by atoms with van der Waals surface area (Å²) in [6.45, 7) is 13.4. The Kier molecular flexibility index (Phi) is 6.05. The van der Waals surface area contributed by atoms with Gasteiger partial charge in [-0.1, -0.05) is 6.92 Å². The summed E-state index contributed by atoms with van der Waals surface area (Å²) >= 11 is 0.865. The van der Waals surface area contributed by atoms with Gasteiger partial charge in [0.05, 0.1) is 12.0 Å². The lowest BCUT2D eigenvalue weighted by Crippen LogP contribution is -2.48. The van der Waals surface area contributed by atoms with E-state index in [0.717, 1.165) is 40.8 Å². The predicted octanol–water partition coefficient (Wildman–Crippen LogP) is 4.70. The fourth-order valence-electron chi connectivity index (χ4n) is 4.64. The molecular weight excluding hydrogens is 400 g/mol. The summed E-state index contributed by atoms with van der Waals surface area (Å²) in [5, 5.41) is -0.452. The maximum Gasteiger partial charge on any atom is 0.328 e. The first-order valence-electron chi connectivity index (χ1n) is 10.3. The molecule has 7 heteroatoms. The van der Waals surface area contributed by atoms with E-state index in [9.17, 15) is 14.4 Å². The number of esters is 1. The van der Waals surface area contributed by atoms with E-state index in [0.29, 0.717) is 10.8 Å². The monoisotopic (exact) mass is 430 g/mol. The summed E-state index contributed by atoms with van der Waals surface area (Å²) in [6.07, 6.45) is 2.82. The van der Waals surface area contributed by atoms with Gasteiger partial charge in [-0.25, -0.2) is 4.79 Å². The number of anilines is 1. The Bertz CT molecular complexity index is 937. The fourth-order valence-corrected chi connectivity index (χ4v) is 5.53. The zero-order valence-electron chi connectivity index (χ0n) is 18.7. The number of nitrogens with zero attached hydrogens (tertiary/aromatic N) is 2. The van der Waals surface area contributed by atoms with Gasteiger partial charge >= 0.3 is 5.97 Å². The van der Waals surface area contributed by atoms with Crippen molar-refractivity contribution in [1.29, 1.82) is 0 Å². The van der Waals surface area contributed by atoms with Crippen molar-refractivity contribution in [2.45, 2.75) is 65.5 Å². The highest BCUT2D eigenvalue weighted by molar-refractivity contribution is 8.18. The molecule has 1 saturated heterocycles. The third kappa shape index (κ3) is 3.75. The molecule has 0 aromatic heterocycles. The topological polar surface area (TPSA) is 66.9 Å². The van der Waals surface area contributed by atoms with Crippen LogP contribution in [-0.2, 0) is 14.3 Å². The van der Waals surface area contributed by atoms with Gasteiger partial charge in [0.25, 0.3) is 11.1 Å². The van der Waals surface area contributed by atoms with Gasteiger partial charge in [0.15, 0.2) is 0 Å². The smallest absolute Gasteiger partial charge is 0.328 e. The summed E-state index contributed by atoms with van der Waals surface area (Å²) in [4.78, 5) is 40.8. The van der Waals surface area contributed by atoms with E-state index in [4.69, 9.17) is 0 Å². The summed E-state index contributed by atoms with van der Waals surface area (Å²) in [6, 6.07) is 3.38. The highest BCUT2D eigenvalue weighted by Crippen LogP contribution is 2.45. The van der Waals surface area contributed by atoms with E-state index in [2.05, 4.69) is 49.5 Å². The van der Waals surface area contributed by atoms with Crippen molar-refractivity contribution in [1.82, 2.24) is 4.90 Å². The first kappa shape index (κ1) is 22.4. The van der Waals surface area contributed by atoms with Crippen LogP contribution in [0.4, 0.5) is 10.5 Å². The molecule has 0 aliphatic carbocycles. The number of hydrogen-bond acceptors (Lipinski definition) is 6. The predicted molar refractivity (Wildman–Crippen MR) is 121 cm³/mol. The van der Waals surface area contributed by atoms with Crippen LogP contribution in [0.1, 0.15) is 63.6 Å². The van der Waals surface area contributed by atoms with Crippen LogP contribution in [0.15, 0.2) is 17.0 Å². The van der Waals surface area contributed by atoms with E-state index in [-0.39, 0.29) is 5.54 Å². The zero-order chi connectivity index (χ0) is 22.4. The maximum atomic E-state index is 12.8. The maximum absolute atomic E-state index is 12.8. The molecule has 0 bridgehead atoms. The molecule has 1 fully saturated rings. The van der Waals surface area contributed by atoms with Crippen molar-refractivity contribution < 1.29 is 19.1 Å². The molecule has 0 saturated carbocycles. The van der Waals surface area contributed by atoms with Gasteiger partial charge in [0.2, 0.25) is 0 Å². The Morgan fingerprint density at radius 2 is 2.03 bits per heavy atom. The number of hydrogen-bond donors (Lipinski definition) is 0. The highest BCUT2D eigenvalue weighted by atomic mass is 32.2. The number of fused-ring (bicyclic) bond motifs is 1. The largest absolute Gasteiger partial charge is 0.467 e. The van der Waals surface area contributed by atoms with Crippen LogP contribution in [0.25, 0.3) is 6.08 Å². The average Bonchev–Trinajstić information content (AvgIpc) is 2.94. The number of carbonyl (C=O) groups excluding carboxylic acids is 3. The molecule has 3 rings (SSSR count). The molecule has 2 aliphatic rings. The minimum absolute atomic E-state index is 0.0851. The lowest BCUT2D eigenvalue weighted by atomic mass is 9.79. The molecule has 2 aliphatic heterocycles. The van der Waals surface area contributed by atoms with Gasteiger partial charge in [-0.2, -0.15) is 0 Å². The van der Waals surface area contributed by atoms with Crippen LogP contribution in [-0.4, -0.2) is 47.3 Å². The lowest BCUT2D eigenvalue weighted by Gasteiger charge is -2.47. The number of methoxy groups -OCH3 is 1. The van der Waals surface area contributed by atoms with Crippen molar-refractivity contribution in [3.8, 4) is 0 Å². The number of carbonyl (C=O) groups is 3. The molecule has 2 atom stereocenters. The number of imide groups is 1. The molecule has 2 heterocycles. The van der Waals surface area contributed by atoms with Crippen molar-refractivity contribution >= 4 is 40.6 Å². The molecule has 2 amide bonds. The quantitative estimate of drug-likeness (QED) is 0.509. The molecule has 1 aromatic rings. The number of amides is 2. The van der Waals surface area contributed by atoms with Crippen molar-refractivity contribution in [3.05, 3.63) is 33.7 Å². The first-order chi connectivity index (χ1) is 14.0. The molecule has 6 nitrogen and oxygen atoms in total. The second-order valence-corrected chi connectivity index (χ2v) is 9.67. The highest BCUT2D eigenvalue weighted by Gasteiger charge is 2.41. The normalized spacial score (nSPS) is 23.0. The van der Waals surface area contributed by atoms with E-state index >= 15 is 0 Å². The number of aryl methyl sites for hydroxylation is 1. The third-order valence-corrected chi connectivity index (χ3v) is 7.01. The van der Waals surface area contributed by atoms with Gasteiger partial charge in [0, 0.05) is 17.8 Å². The van der Waals surface area contributed by atoms with Crippen LogP contribution >= 0.6 is 11.8 Å². The Hall–Kier alpha value is -2.28. The van der Waals surface area contributed by atoms with Crippen LogP contribution in [0.5, 0.6) is 0 Å². The van der Waals surface area contributed by atoms with E-state index in [1.54, 1.807) is 6.08 Å². The molecule has 1 aromatic carbocycles. The standard InChI is InChI=1S/C23H30N2O4S/c1-8-24-18-9-13(2)16(10-17(18)14(3)12-23(24,5)6)11-19-20(26)25(22(28)30-19)15(4)21(27)29-7/h9-11,14-15H,8,12H2,1-7H3/b19-11+/t14-,15+/m1/s1. The number of benzene rings is 1. The second kappa shape index (κ2) is 8.10. The van der Waals surface area contributed by atoms with Gasteiger partial charge < -0.3 is 9.64 Å². The SMILES string of the molecule is CCN1c2cc(C)c(/C=C3/SC(=O)N([C@@H](C)C(=O)OC)C3=O)cc2[C@H](C)CC1(C)C. The molecule has 0 spiro atoms. The number of rotatable bonds is 4. The average molecular weight is 431 g/mol. The molecule has 0 unspecified atom stereocenters.